The summed E-state index contributed by atoms with van der Waals surface area (Å²) in [5, 5.41) is 19.2. The van der Waals surface area contributed by atoms with Crippen LogP contribution in [0.5, 0.6) is 0 Å². The molecule has 0 amide bonds. The summed E-state index contributed by atoms with van der Waals surface area (Å²) in [6, 6.07) is 0. The molecule has 0 unspecified atom stereocenters. The molecule has 2 N–H and O–H groups in total. The van der Waals surface area contributed by atoms with E-state index in [1.807, 2.05) is 6.08 Å². The van der Waals surface area contributed by atoms with Crippen LogP contribution in [0.4, 0.5) is 0 Å². The Morgan fingerprint density at radius 2 is 0.708 bits per heavy atom. The second-order valence-corrected chi connectivity index (χ2v) is 13.2. The van der Waals surface area contributed by atoms with Crippen molar-refractivity contribution >= 4 is 0 Å². The Balaban J connectivity index is 3.40. The van der Waals surface area contributed by atoms with Gasteiger partial charge < -0.3 is 10.2 Å². The first-order chi connectivity index (χ1) is 23.7. The zero-order valence-electron chi connectivity index (χ0n) is 30.9. The number of aliphatic hydroxyl groups excluding tert-OH is 2. The molecule has 0 saturated heterocycles. The van der Waals surface area contributed by atoms with Gasteiger partial charge in [0.05, 0.1) is 0 Å². The second kappa shape index (κ2) is 40.6. The van der Waals surface area contributed by atoms with Crippen LogP contribution >= 0.6 is 0 Å². The number of hydrogen-bond donors (Lipinski definition) is 2. The molecule has 0 aliphatic carbocycles. The normalized spacial score (nSPS) is 12.4. The average molecular weight is 657 g/mol. The van der Waals surface area contributed by atoms with Crippen LogP contribution in [0.2, 0.25) is 0 Å². The van der Waals surface area contributed by atoms with E-state index in [4.69, 9.17) is 12.8 Å². The Hall–Kier alpha value is -2.62. The van der Waals surface area contributed by atoms with E-state index in [-0.39, 0.29) is 0 Å². The molecule has 0 rings (SSSR count). The first-order valence-electron chi connectivity index (χ1n) is 19.9. The predicted molar refractivity (Wildman–Crippen MR) is 211 cm³/mol. The third-order valence-electron chi connectivity index (χ3n) is 8.58. The van der Waals surface area contributed by atoms with Gasteiger partial charge in [-0.1, -0.05) is 150 Å². The Morgan fingerprint density at radius 3 is 1.12 bits per heavy atom. The molecule has 0 radical (unpaired) electrons. The van der Waals surface area contributed by atoms with Gasteiger partial charge in [-0.15, -0.1) is 18.8 Å². The minimum absolute atomic E-state index is 0.767. The van der Waals surface area contributed by atoms with E-state index in [1.165, 1.54) is 122 Å². The SMILES string of the molecule is C#CCCCCCCCCCCCCCCCC/C=C\CCCC/C=C\CCCCC#C[C@@H](O)C#CCCCCCC/C=C/[C@H](O)C#C. The van der Waals surface area contributed by atoms with Gasteiger partial charge in [-0.25, -0.2) is 0 Å². The Labute approximate surface area is 299 Å². The molecular formula is C46H72O2. The molecule has 2 heteroatoms. The van der Waals surface area contributed by atoms with E-state index >= 15 is 0 Å². The van der Waals surface area contributed by atoms with E-state index in [2.05, 4.69) is 59.8 Å². The number of terminal acetylenes is 2. The van der Waals surface area contributed by atoms with Crippen molar-refractivity contribution in [2.75, 3.05) is 0 Å². The van der Waals surface area contributed by atoms with Crippen molar-refractivity contribution in [2.45, 2.75) is 205 Å². The second-order valence-electron chi connectivity index (χ2n) is 13.2. The molecular weight excluding hydrogens is 585 g/mol. The van der Waals surface area contributed by atoms with Crippen molar-refractivity contribution in [3.63, 3.8) is 0 Å². The first-order valence-corrected chi connectivity index (χ1v) is 19.9. The molecule has 48 heavy (non-hydrogen) atoms. The summed E-state index contributed by atoms with van der Waals surface area (Å²) in [6.45, 7) is 0. The van der Waals surface area contributed by atoms with Gasteiger partial charge in [-0.3, -0.25) is 0 Å². The lowest BCUT2D eigenvalue weighted by atomic mass is 10.0. The van der Waals surface area contributed by atoms with Crippen LogP contribution in [0, 0.1) is 48.4 Å². The zero-order valence-corrected chi connectivity index (χ0v) is 30.9. The third-order valence-corrected chi connectivity index (χ3v) is 8.58. The van der Waals surface area contributed by atoms with E-state index in [9.17, 15) is 10.2 Å². The molecule has 0 aliphatic rings. The molecule has 0 fully saturated rings. The molecule has 0 bridgehead atoms. The van der Waals surface area contributed by atoms with E-state index in [0.717, 1.165) is 70.6 Å². The Bertz CT molecular complexity index is 980. The maximum atomic E-state index is 9.91. The van der Waals surface area contributed by atoms with Gasteiger partial charge in [0.1, 0.15) is 6.10 Å². The molecule has 0 aromatic rings. The quantitative estimate of drug-likeness (QED) is 0.0430. The monoisotopic (exact) mass is 657 g/mol. The highest BCUT2D eigenvalue weighted by molar-refractivity contribution is 5.19. The molecule has 0 saturated carbocycles. The van der Waals surface area contributed by atoms with Crippen LogP contribution in [0.25, 0.3) is 0 Å². The van der Waals surface area contributed by atoms with Crippen LogP contribution in [0.1, 0.15) is 193 Å². The highest BCUT2D eigenvalue weighted by Gasteiger charge is 1.95. The van der Waals surface area contributed by atoms with Gasteiger partial charge in [0, 0.05) is 19.3 Å². The third kappa shape index (κ3) is 39.6. The van der Waals surface area contributed by atoms with Crippen LogP contribution in [-0.4, -0.2) is 22.4 Å². The molecule has 0 aromatic carbocycles. The lowest BCUT2D eigenvalue weighted by Gasteiger charge is -2.03. The van der Waals surface area contributed by atoms with Crippen molar-refractivity contribution in [3.8, 4) is 48.4 Å². The van der Waals surface area contributed by atoms with Gasteiger partial charge in [0.15, 0.2) is 6.10 Å². The van der Waals surface area contributed by atoms with Gasteiger partial charge in [0.2, 0.25) is 0 Å². The minimum atomic E-state index is -0.830. The molecule has 2 atom stereocenters. The number of aliphatic hydroxyl groups is 2. The van der Waals surface area contributed by atoms with Gasteiger partial charge in [-0.2, -0.15) is 0 Å². The van der Waals surface area contributed by atoms with Crippen LogP contribution in [-0.2, 0) is 0 Å². The fraction of sp³-hybridized carbons (Fsp3) is 0.696. The molecule has 0 heterocycles. The lowest BCUT2D eigenvalue weighted by Crippen LogP contribution is -1.97. The Kier molecular flexibility index (Phi) is 38.3. The highest BCUT2D eigenvalue weighted by atomic mass is 16.3. The summed E-state index contributed by atoms with van der Waals surface area (Å²) < 4.78 is 0. The van der Waals surface area contributed by atoms with Gasteiger partial charge in [0.25, 0.3) is 0 Å². The largest absolute Gasteiger partial charge is 0.377 e. The lowest BCUT2D eigenvalue weighted by molar-refractivity contribution is 0.280. The summed E-state index contributed by atoms with van der Waals surface area (Å²) in [5.74, 6) is 16.8. The van der Waals surface area contributed by atoms with Crippen molar-refractivity contribution < 1.29 is 10.2 Å². The summed E-state index contributed by atoms with van der Waals surface area (Å²) in [6.07, 6.45) is 58.7. The topological polar surface area (TPSA) is 40.5 Å². The highest BCUT2D eigenvalue weighted by Crippen LogP contribution is 2.14. The van der Waals surface area contributed by atoms with Gasteiger partial charge >= 0.3 is 0 Å². The number of hydrogen-bond acceptors (Lipinski definition) is 2. The van der Waals surface area contributed by atoms with Crippen LogP contribution < -0.4 is 0 Å². The van der Waals surface area contributed by atoms with Crippen LogP contribution in [0.3, 0.4) is 0 Å². The molecule has 0 spiro atoms. The van der Waals surface area contributed by atoms with E-state index in [0.29, 0.717) is 0 Å². The van der Waals surface area contributed by atoms with Crippen molar-refractivity contribution in [1.82, 2.24) is 0 Å². The smallest absolute Gasteiger partial charge is 0.176 e. The molecule has 0 aromatic heterocycles. The van der Waals surface area contributed by atoms with Crippen LogP contribution in [0.15, 0.2) is 36.5 Å². The van der Waals surface area contributed by atoms with Crippen molar-refractivity contribution in [2.24, 2.45) is 0 Å². The minimum Gasteiger partial charge on any atom is -0.377 e. The number of rotatable bonds is 32. The van der Waals surface area contributed by atoms with Crippen molar-refractivity contribution in [1.29, 1.82) is 0 Å². The van der Waals surface area contributed by atoms with E-state index < -0.39 is 12.2 Å². The fourth-order valence-corrected chi connectivity index (χ4v) is 5.57. The Morgan fingerprint density at radius 1 is 0.396 bits per heavy atom. The summed E-state index contributed by atoms with van der Waals surface area (Å²) in [7, 11) is 0. The summed E-state index contributed by atoms with van der Waals surface area (Å²) >= 11 is 0. The maximum Gasteiger partial charge on any atom is 0.176 e. The standard InChI is InChI=1S/C46H72O2/c1-3-5-6-7-8-9-10-11-12-13-14-15-16-17-18-19-20-21-22-23-24-25-26-27-28-29-30-34-37-40-43-46(48)44-41-38-35-32-31-33-36-39-42-45(47)4-2/h1-2,21-22,27-28,39,42,45-48H,5-20,23-26,29-38H2/b22-21-,28-27-,42-39+/t45-,46-/m1/s1. The maximum absolute atomic E-state index is 9.91. The molecule has 2 nitrogen and oxygen atoms in total. The molecule has 268 valence electrons. The van der Waals surface area contributed by atoms with Crippen molar-refractivity contribution in [3.05, 3.63) is 36.5 Å². The first kappa shape index (κ1) is 45.4. The molecule has 0 aliphatic heterocycles. The number of allylic oxidation sites excluding steroid dienone is 5. The number of unbranched alkanes of at least 4 members (excludes halogenated alkanes) is 26. The summed E-state index contributed by atoms with van der Waals surface area (Å²) in [4.78, 5) is 0. The zero-order chi connectivity index (χ0) is 34.9. The fourth-order valence-electron chi connectivity index (χ4n) is 5.57. The van der Waals surface area contributed by atoms with E-state index in [1.54, 1.807) is 6.08 Å². The predicted octanol–water partition coefficient (Wildman–Crippen LogP) is 12.4. The summed E-state index contributed by atoms with van der Waals surface area (Å²) in [5.41, 5.74) is 0. The van der Waals surface area contributed by atoms with Gasteiger partial charge in [-0.05, 0) is 89.5 Å². The average Bonchev–Trinajstić information content (AvgIpc) is 3.09.